The summed E-state index contributed by atoms with van der Waals surface area (Å²) in [4.78, 5) is 16.6. The lowest BCUT2D eigenvalue weighted by molar-refractivity contribution is 0.557. The van der Waals surface area contributed by atoms with E-state index in [2.05, 4.69) is 28.6 Å². The molecule has 4 nitrogen and oxygen atoms in total. The molecule has 120 valence electrons. The Morgan fingerprint density at radius 3 is 2.62 bits per heavy atom. The van der Waals surface area contributed by atoms with Crippen molar-refractivity contribution in [2.45, 2.75) is 27.3 Å². The summed E-state index contributed by atoms with van der Waals surface area (Å²) in [6.45, 7) is 6.68. The Labute approximate surface area is 139 Å². The molecule has 2 heterocycles. The average Bonchev–Trinajstić information content (AvgIpc) is 2.85. The van der Waals surface area contributed by atoms with Gasteiger partial charge in [0.05, 0.1) is 17.6 Å². The molecular weight excluding hydrogens is 300 g/mol. The highest BCUT2D eigenvalue weighted by Crippen LogP contribution is 2.24. The van der Waals surface area contributed by atoms with E-state index in [0.717, 1.165) is 33.4 Å². The highest BCUT2D eigenvalue weighted by atomic mass is 16.4. The van der Waals surface area contributed by atoms with Crippen molar-refractivity contribution in [3.05, 3.63) is 75.4 Å². The van der Waals surface area contributed by atoms with Crippen LogP contribution in [0.1, 0.15) is 22.5 Å². The standard InChI is InChI=1S/C20H18N2O2/c1-12-8-16-15(10-20(23)24-19(16)9-13(12)2)11-22-14(3)21-17-6-4-5-7-18(17)22/h4-10H,11H2,1-3H3. The Morgan fingerprint density at radius 1 is 1.04 bits per heavy atom. The van der Waals surface area contributed by atoms with Crippen molar-refractivity contribution in [3.63, 3.8) is 0 Å². The summed E-state index contributed by atoms with van der Waals surface area (Å²) >= 11 is 0. The number of hydrogen-bond donors (Lipinski definition) is 0. The molecule has 0 saturated carbocycles. The van der Waals surface area contributed by atoms with Crippen LogP contribution in [-0.4, -0.2) is 9.55 Å². The van der Waals surface area contributed by atoms with Gasteiger partial charge < -0.3 is 8.98 Å². The highest BCUT2D eigenvalue weighted by Gasteiger charge is 2.12. The van der Waals surface area contributed by atoms with Crippen LogP contribution >= 0.6 is 0 Å². The molecule has 0 aliphatic heterocycles. The summed E-state index contributed by atoms with van der Waals surface area (Å²) in [6.07, 6.45) is 0. The van der Waals surface area contributed by atoms with Crippen molar-refractivity contribution in [2.75, 3.05) is 0 Å². The maximum absolute atomic E-state index is 12.0. The summed E-state index contributed by atoms with van der Waals surface area (Å²) in [6, 6.07) is 13.7. The Bertz CT molecular complexity index is 1140. The van der Waals surface area contributed by atoms with Crippen LogP contribution in [0.15, 0.2) is 51.7 Å². The smallest absolute Gasteiger partial charge is 0.336 e. The number of nitrogens with zero attached hydrogens (tertiary/aromatic N) is 2. The molecule has 0 aliphatic rings. The van der Waals surface area contributed by atoms with Gasteiger partial charge in [-0.15, -0.1) is 0 Å². The molecule has 0 N–H and O–H groups in total. The van der Waals surface area contributed by atoms with Crippen LogP contribution in [0.3, 0.4) is 0 Å². The minimum Gasteiger partial charge on any atom is -0.423 e. The summed E-state index contributed by atoms with van der Waals surface area (Å²) < 4.78 is 7.53. The van der Waals surface area contributed by atoms with Gasteiger partial charge in [0.25, 0.3) is 0 Å². The predicted octanol–water partition coefficient (Wildman–Crippen LogP) is 4.12. The number of aryl methyl sites for hydroxylation is 3. The third-order valence-corrected chi connectivity index (χ3v) is 4.62. The van der Waals surface area contributed by atoms with E-state index >= 15 is 0 Å². The van der Waals surface area contributed by atoms with Crippen LogP contribution in [0, 0.1) is 20.8 Å². The van der Waals surface area contributed by atoms with Crippen molar-refractivity contribution in [2.24, 2.45) is 0 Å². The molecule has 0 amide bonds. The van der Waals surface area contributed by atoms with E-state index in [0.29, 0.717) is 12.1 Å². The van der Waals surface area contributed by atoms with Crippen LogP contribution in [0.4, 0.5) is 0 Å². The first-order chi connectivity index (χ1) is 11.5. The second-order valence-electron chi connectivity index (χ2n) is 6.26. The monoisotopic (exact) mass is 318 g/mol. The van der Waals surface area contributed by atoms with Crippen molar-refractivity contribution >= 4 is 22.0 Å². The molecule has 0 aliphatic carbocycles. The first kappa shape index (κ1) is 14.7. The fourth-order valence-electron chi connectivity index (χ4n) is 3.18. The quantitative estimate of drug-likeness (QED) is 0.522. The number of fused-ring (bicyclic) bond motifs is 2. The molecule has 0 bridgehead atoms. The number of hydrogen-bond acceptors (Lipinski definition) is 3. The molecule has 4 aromatic rings. The molecule has 0 unspecified atom stereocenters. The number of para-hydroxylation sites is 2. The number of aromatic nitrogens is 2. The molecule has 0 saturated heterocycles. The largest absolute Gasteiger partial charge is 0.423 e. The molecule has 0 radical (unpaired) electrons. The van der Waals surface area contributed by atoms with Crippen LogP contribution in [-0.2, 0) is 6.54 Å². The molecule has 2 aromatic heterocycles. The molecule has 24 heavy (non-hydrogen) atoms. The van der Waals surface area contributed by atoms with Crippen molar-refractivity contribution in [1.29, 1.82) is 0 Å². The molecule has 4 heteroatoms. The van der Waals surface area contributed by atoms with E-state index in [1.54, 1.807) is 6.07 Å². The van der Waals surface area contributed by atoms with Gasteiger partial charge in [0.2, 0.25) is 0 Å². The van der Waals surface area contributed by atoms with Crippen LogP contribution in [0.2, 0.25) is 0 Å². The average molecular weight is 318 g/mol. The van der Waals surface area contributed by atoms with E-state index in [1.165, 1.54) is 5.56 Å². The van der Waals surface area contributed by atoms with Crippen LogP contribution < -0.4 is 5.63 Å². The van der Waals surface area contributed by atoms with E-state index in [1.807, 2.05) is 38.1 Å². The number of imidazole rings is 1. The zero-order chi connectivity index (χ0) is 16.8. The van der Waals surface area contributed by atoms with Crippen molar-refractivity contribution in [3.8, 4) is 0 Å². The summed E-state index contributed by atoms with van der Waals surface area (Å²) in [5.74, 6) is 0.932. The van der Waals surface area contributed by atoms with Crippen LogP contribution in [0.25, 0.3) is 22.0 Å². The van der Waals surface area contributed by atoms with E-state index < -0.39 is 0 Å². The lowest BCUT2D eigenvalue weighted by atomic mass is 10.0. The molecule has 4 rings (SSSR count). The van der Waals surface area contributed by atoms with Gasteiger partial charge in [-0.3, -0.25) is 0 Å². The maximum atomic E-state index is 12.0. The third-order valence-electron chi connectivity index (χ3n) is 4.62. The lowest BCUT2D eigenvalue weighted by Crippen LogP contribution is -2.07. The minimum atomic E-state index is -0.317. The molecule has 0 fully saturated rings. The third kappa shape index (κ3) is 2.31. The minimum absolute atomic E-state index is 0.317. The topological polar surface area (TPSA) is 48.0 Å². The van der Waals surface area contributed by atoms with Gasteiger partial charge in [0.15, 0.2) is 0 Å². The second-order valence-corrected chi connectivity index (χ2v) is 6.26. The maximum Gasteiger partial charge on any atom is 0.336 e. The number of rotatable bonds is 2. The summed E-state index contributed by atoms with van der Waals surface area (Å²) in [7, 11) is 0. The zero-order valence-electron chi connectivity index (χ0n) is 14.0. The Balaban J connectivity index is 1.95. The van der Waals surface area contributed by atoms with Gasteiger partial charge in [-0.1, -0.05) is 12.1 Å². The van der Waals surface area contributed by atoms with Gasteiger partial charge in [-0.05, 0) is 61.7 Å². The first-order valence-electron chi connectivity index (χ1n) is 7.99. The van der Waals surface area contributed by atoms with Gasteiger partial charge in [0, 0.05) is 11.5 Å². The first-order valence-corrected chi connectivity index (χ1v) is 7.99. The van der Waals surface area contributed by atoms with Crippen molar-refractivity contribution < 1.29 is 4.42 Å². The SMILES string of the molecule is Cc1cc2oc(=O)cc(Cn3c(C)nc4ccccc43)c2cc1C. The normalized spacial score (nSPS) is 11.5. The zero-order valence-corrected chi connectivity index (χ0v) is 14.0. The van der Waals surface area contributed by atoms with Crippen LogP contribution in [0.5, 0.6) is 0 Å². The van der Waals surface area contributed by atoms with E-state index in [9.17, 15) is 4.79 Å². The summed E-state index contributed by atoms with van der Waals surface area (Å²) in [5.41, 5.74) is 5.62. The molecule has 2 aromatic carbocycles. The predicted molar refractivity (Wildman–Crippen MR) is 95.5 cm³/mol. The van der Waals surface area contributed by atoms with E-state index in [4.69, 9.17) is 4.42 Å². The fourth-order valence-corrected chi connectivity index (χ4v) is 3.18. The second kappa shape index (κ2) is 5.34. The highest BCUT2D eigenvalue weighted by molar-refractivity contribution is 5.82. The fraction of sp³-hybridized carbons (Fsp3) is 0.200. The molecular formula is C20H18N2O2. The molecule has 0 spiro atoms. The Hall–Kier alpha value is -2.88. The van der Waals surface area contributed by atoms with Gasteiger partial charge in [0.1, 0.15) is 11.4 Å². The van der Waals surface area contributed by atoms with Gasteiger partial charge in [-0.25, -0.2) is 9.78 Å². The van der Waals surface area contributed by atoms with E-state index in [-0.39, 0.29) is 5.63 Å². The Morgan fingerprint density at radius 2 is 1.79 bits per heavy atom. The van der Waals surface area contributed by atoms with Crippen molar-refractivity contribution in [1.82, 2.24) is 9.55 Å². The van der Waals surface area contributed by atoms with Gasteiger partial charge in [-0.2, -0.15) is 0 Å². The Kier molecular flexibility index (Phi) is 3.27. The van der Waals surface area contributed by atoms with Gasteiger partial charge >= 0.3 is 5.63 Å². The summed E-state index contributed by atoms with van der Waals surface area (Å²) in [5, 5.41) is 0.981. The lowest BCUT2D eigenvalue weighted by Gasteiger charge is -2.11. The molecule has 0 atom stereocenters. The number of benzene rings is 2.